The summed E-state index contributed by atoms with van der Waals surface area (Å²) >= 11 is 8.70. The standard InChI is InChI=1S/C42H78S4/c1-5-9-13-17-21-25-29-33-43-39-37-40(44-34-30-26-22-18-14-10-6-2)42(46-36-32-28-24-20-16-12-8-4)41(38-39)45-35-31-27-23-19-15-11-7-3/h37-38H,5-36H2,1-4H3. The van der Waals surface area contributed by atoms with E-state index in [1.807, 2.05) is 0 Å². The van der Waals surface area contributed by atoms with Gasteiger partial charge in [0.25, 0.3) is 0 Å². The van der Waals surface area contributed by atoms with E-state index in [9.17, 15) is 0 Å². The van der Waals surface area contributed by atoms with Gasteiger partial charge in [-0.2, -0.15) is 0 Å². The molecular weight excluding hydrogens is 633 g/mol. The third kappa shape index (κ3) is 26.5. The molecule has 1 aromatic carbocycles. The summed E-state index contributed by atoms with van der Waals surface area (Å²) in [6, 6.07) is 5.20. The first-order valence-electron chi connectivity index (χ1n) is 20.5. The van der Waals surface area contributed by atoms with Crippen LogP contribution in [0, 0.1) is 0 Å². The van der Waals surface area contributed by atoms with Crippen molar-refractivity contribution in [1.82, 2.24) is 0 Å². The lowest BCUT2D eigenvalue weighted by Crippen LogP contribution is -1.93. The van der Waals surface area contributed by atoms with E-state index in [0.717, 1.165) is 0 Å². The lowest BCUT2D eigenvalue weighted by molar-refractivity contribution is 0.603. The second-order valence-corrected chi connectivity index (χ2v) is 18.2. The van der Waals surface area contributed by atoms with E-state index in [-0.39, 0.29) is 0 Å². The molecule has 0 nitrogen and oxygen atoms in total. The van der Waals surface area contributed by atoms with Gasteiger partial charge in [0.2, 0.25) is 0 Å². The molecule has 0 aliphatic rings. The van der Waals surface area contributed by atoms with Crippen LogP contribution in [-0.2, 0) is 0 Å². The topological polar surface area (TPSA) is 0 Å². The van der Waals surface area contributed by atoms with Crippen LogP contribution in [0.4, 0.5) is 0 Å². The summed E-state index contributed by atoms with van der Waals surface area (Å²) in [6.45, 7) is 9.28. The van der Waals surface area contributed by atoms with Gasteiger partial charge in [-0.05, 0) is 60.8 Å². The highest BCUT2D eigenvalue weighted by Crippen LogP contribution is 2.43. The van der Waals surface area contributed by atoms with Gasteiger partial charge in [-0.1, -0.05) is 182 Å². The summed E-state index contributed by atoms with van der Waals surface area (Å²) in [6.07, 6.45) is 39.3. The molecule has 0 fully saturated rings. The summed E-state index contributed by atoms with van der Waals surface area (Å²) in [7, 11) is 0. The molecule has 0 bridgehead atoms. The quantitative estimate of drug-likeness (QED) is 0.0502. The average Bonchev–Trinajstić information content (AvgIpc) is 3.06. The van der Waals surface area contributed by atoms with E-state index in [4.69, 9.17) is 0 Å². The molecule has 0 saturated heterocycles. The molecule has 0 aliphatic heterocycles. The van der Waals surface area contributed by atoms with Gasteiger partial charge in [0.15, 0.2) is 0 Å². The number of unbranched alkanes of at least 4 members (excludes halogenated alkanes) is 24. The first-order valence-corrected chi connectivity index (χ1v) is 24.4. The van der Waals surface area contributed by atoms with Gasteiger partial charge in [0.1, 0.15) is 0 Å². The van der Waals surface area contributed by atoms with Crippen LogP contribution in [0.1, 0.15) is 207 Å². The summed E-state index contributed by atoms with van der Waals surface area (Å²) in [5.74, 6) is 5.13. The normalized spacial score (nSPS) is 11.6. The molecule has 0 N–H and O–H groups in total. The average molecular weight is 711 g/mol. The minimum atomic E-state index is 1.28. The number of rotatable bonds is 36. The summed E-state index contributed by atoms with van der Waals surface area (Å²) in [4.78, 5) is 6.37. The zero-order valence-electron chi connectivity index (χ0n) is 31.4. The Morgan fingerprint density at radius 3 is 0.891 bits per heavy atom. The Balaban J connectivity index is 2.84. The molecule has 0 atom stereocenters. The highest BCUT2D eigenvalue weighted by Gasteiger charge is 2.14. The maximum absolute atomic E-state index is 2.60. The summed E-state index contributed by atoms with van der Waals surface area (Å²) in [5, 5.41) is 0. The fraction of sp³-hybridized carbons (Fsp3) is 0.857. The van der Waals surface area contributed by atoms with Crippen molar-refractivity contribution in [3.8, 4) is 0 Å². The van der Waals surface area contributed by atoms with E-state index < -0.39 is 0 Å². The lowest BCUT2D eigenvalue weighted by Gasteiger charge is -2.17. The smallest absolute Gasteiger partial charge is 0.0345 e. The van der Waals surface area contributed by atoms with Gasteiger partial charge in [0.05, 0.1) is 0 Å². The third-order valence-electron chi connectivity index (χ3n) is 9.02. The molecule has 4 heteroatoms. The first kappa shape index (κ1) is 44.6. The molecule has 0 radical (unpaired) electrons. The van der Waals surface area contributed by atoms with E-state index in [2.05, 4.69) is 86.9 Å². The van der Waals surface area contributed by atoms with Crippen molar-refractivity contribution in [1.29, 1.82) is 0 Å². The fourth-order valence-electron chi connectivity index (χ4n) is 5.96. The Bertz CT molecular complexity index is 723. The highest BCUT2D eigenvalue weighted by atomic mass is 32.2. The largest absolute Gasteiger partial charge is 0.126 e. The summed E-state index contributed by atoms with van der Waals surface area (Å²) < 4.78 is 0. The van der Waals surface area contributed by atoms with Crippen LogP contribution in [0.3, 0.4) is 0 Å². The Labute approximate surface area is 307 Å². The fourth-order valence-corrected chi connectivity index (χ4v) is 10.9. The van der Waals surface area contributed by atoms with Gasteiger partial charge in [0, 0.05) is 19.6 Å². The van der Waals surface area contributed by atoms with Crippen LogP contribution in [0.15, 0.2) is 31.7 Å². The minimum absolute atomic E-state index is 1.28. The first-order chi connectivity index (χ1) is 22.8. The van der Waals surface area contributed by atoms with Crippen molar-refractivity contribution in [3.63, 3.8) is 0 Å². The molecule has 0 amide bonds. The van der Waals surface area contributed by atoms with E-state index in [1.165, 1.54) is 208 Å². The Morgan fingerprint density at radius 2 is 0.565 bits per heavy atom. The van der Waals surface area contributed by atoms with E-state index in [0.29, 0.717) is 0 Å². The van der Waals surface area contributed by atoms with Gasteiger partial charge in [-0.3, -0.25) is 0 Å². The second-order valence-electron chi connectivity index (χ2n) is 13.6. The monoisotopic (exact) mass is 710 g/mol. The molecule has 0 aliphatic carbocycles. The number of hydrogen-bond donors (Lipinski definition) is 0. The van der Waals surface area contributed by atoms with Crippen molar-refractivity contribution in [3.05, 3.63) is 12.1 Å². The maximum Gasteiger partial charge on any atom is 0.0345 e. The molecule has 0 saturated carbocycles. The molecule has 0 aromatic heterocycles. The number of thioether (sulfide) groups is 4. The van der Waals surface area contributed by atoms with Crippen LogP contribution in [0.2, 0.25) is 0 Å². The van der Waals surface area contributed by atoms with Crippen molar-refractivity contribution < 1.29 is 0 Å². The zero-order valence-corrected chi connectivity index (χ0v) is 34.7. The second kappa shape index (κ2) is 35.4. The van der Waals surface area contributed by atoms with Crippen molar-refractivity contribution in [2.45, 2.75) is 227 Å². The predicted octanol–water partition coefficient (Wildman–Crippen LogP) is 17.1. The van der Waals surface area contributed by atoms with Crippen molar-refractivity contribution >= 4 is 47.0 Å². The van der Waals surface area contributed by atoms with E-state index >= 15 is 0 Å². The minimum Gasteiger partial charge on any atom is -0.126 e. The zero-order chi connectivity index (χ0) is 33.2. The molecule has 1 aromatic rings. The maximum atomic E-state index is 2.60. The van der Waals surface area contributed by atoms with Crippen molar-refractivity contribution in [2.24, 2.45) is 0 Å². The Morgan fingerprint density at radius 1 is 0.304 bits per heavy atom. The highest BCUT2D eigenvalue weighted by molar-refractivity contribution is 8.04. The third-order valence-corrected chi connectivity index (χ3v) is 13.8. The molecular formula is C42H78S4. The van der Waals surface area contributed by atoms with Crippen LogP contribution < -0.4 is 0 Å². The van der Waals surface area contributed by atoms with Gasteiger partial charge in [-0.15, -0.1) is 47.0 Å². The van der Waals surface area contributed by atoms with Crippen LogP contribution in [0.25, 0.3) is 0 Å². The Kier molecular flexibility index (Phi) is 34.4. The van der Waals surface area contributed by atoms with Crippen LogP contribution in [-0.4, -0.2) is 23.0 Å². The van der Waals surface area contributed by atoms with Gasteiger partial charge in [-0.25, -0.2) is 0 Å². The predicted molar refractivity (Wildman–Crippen MR) is 221 cm³/mol. The van der Waals surface area contributed by atoms with Crippen LogP contribution >= 0.6 is 47.0 Å². The van der Waals surface area contributed by atoms with Crippen LogP contribution in [0.5, 0.6) is 0 Å². The molecule has 0 spiro atoms. The molecule has 1 rings (SSSR count). The molecule has 270 valence electrons. The lowest BCUT2D eigenvalue weighted by atomic mass is 10.1. The van der Waals surface area contributed by atoms with E-state index in [1.54, 1.807) is 14.7 Å². The number of hydrogen-bond acceptors (Lipinski definition) is 4. The molecule has 0 unspecified atom stereocenters. The molecule has 0 heterocycles. The van der Waals surface area contributed by atoms with Crippen molar-refractivity contribution in [2.75, 3.05) is 23.0 Å². The SMILES string of the molecule is CCCCCCCCCSc1cc(SCCCCCCCCC)c(SCCCCCCCCC)c(SCCCCCCCCC)c1. The van der Waals surface area contributed by atoms with Gasteiger partial charge >= 0.3 is 0 Å². The Hall–Kier alpha value is 0.620. The van der Waals surface area contributed by atoms with Gasteiger partial charge < -0.3 is 0 Å². The molecule has 46 heavy (non-hydrogen) atoms. The number of benzene rings is 1. The summed E-state index contributed by atoms with van der Waals surface area (Å²) in [5.41, 5.74) is 0.